The molecule has 6 heteroatoms. The summed E-state index contributed by atoms with van der Waals surface area (Å²) in [5, 5.41) is 9.82. The van der Waals surface area contributed by atoms with Gasteiger partial charge in [-0.3, -0.25) is 0 Å². The third kappa shape index (κ3) is 3.39. The minimum atomic E-state index is -4.39. The van der Waals surface area contributed by atoms with Gasteiger partial charge in [0.05, 0.1) is 17.7 Å². The Bertz CT molecular complexity index is 597. The normalized spacial score (nSPS) is 12.7. The Morgan fingerprint density at radius 2 is 1.95 bits per heavy atom. The lowest BCUT2D eigenvalue weighted by Gasteiger charge is -2.19. The van der Waals surface area contributed by atoms with Crippen LogP contribution in [0.5, 0.6) is 0 Å². The summed E-state index contributed by atoms with van der Waals surface area (Å²) in [5.41, 5.74) is -1.32. The van der Waals surface area contributed by atoms with E-state index in [2.05, 4.69) is 4.98 Å². The Hall–Kier alpha value is -1.82. The highest BCUT2D eigenvalue weighted by Crippen LogP contribution is 2.31. The van der Waals surface area contributed by atoms with Crippen molar-refractivity contribution in [3.05, 3.63) is 42.2 Å². The first-order chi connectivity index (χ1) is 9.17. The van der Waals surface area contributed by atoms with E-state index in [4.69, 9.17) is 0 Å². The second-order valence-electron chi connectivity index (χ2n) is 5.27. The van der Waals surface area contributed by atoms with E-state index >= 15 is 0 Å². The van der Waals surface area contributed by atoms with E-state index < -0.39 is 17.3 Å². The predicted octanol–water partition coefficient (Wildman–Crippen LogP) is 3.34. The Balaban J connectivity index is 2.40. The van der Waals surface area contributed by atoms with E-state index in [1.54, 1.807) is 30.7 Å². The topological polar surface area (TPSA) is 38.0 Å². The van der Waals surface area contributed by atoms with Crippen molar-refractivity contribution >= 4 is 0 Å². The molecule has 0 unspecified atom stereocenters. The standard InChI is InChI=1S/C14H15F3N2O/c1-13(2,20)9-19-7-6-18-12(19)10-4-3-5-11(8-10)14(15,16)17/h3-8,20H,9H2,1-2H3. The van der Waals surface area contributed by atoms with E-state index in [0.29, 0.717) is 11.4 Å². The summed E-state index contributed by atoms with van der Waals surface area (Å²) in [7, 11) is 0. The average molecular weight is 284 g/mol. The van der Waals surface area contributed by atoms with Crippen LogP contribution in [0.2, 0.25) is 0 Å². The van der Waals surface area contributed by atoms with Gasteiger partial charge in [-0.15, -0.1) is 0 Å². The van der Waals surface area contributed by atoms with E-state index in [-0.39, 0.29) is 6.54 Å². The molecule has 0 saturated heterocycles. The molecule has 0 amide bonds. The van der Waals surface area contributed by atoms with Crippen molar-refractivity contribution in [3.8, 4) is 11.4 Å². The van der Waals surface area contributed by atoms with Crippen molar-refractivity contribution in [2.45, 2.75) is 32.2 Å². The largest absolute Gasteiger partial charge is 0.416 e. The van der Waals surface area contributed by atoms with Crippen LogP contribution in [0.1, 0.15) is 19.4 Å². The second kappa shape index (κ2) is 4.94. The molecule has 0 aliphatic carbocycles. The fraction of sp³-hybridized carbons (Fsp3) is 0.357. The molecule has 0 atom stereocenters. The zero-order valence-electron chi connectivity index (χ0n) is 11.1. The van der Waals surface area contributed by atoms with Crippen molar-refractivity contribution in [1.29, 1.82) is 0 Å². The first-order valence-electron chi connectivity index (χ1n) is 6.08. The summed E-state index contributed by atoms with van der Waals surface area (Å²) >= 11 is 0. The van der Waals surface area contributed by atoms with E-state index in [9.17, 15) is 18.3 Å². The van der Waals surface area contributed by atoms with Crippen molar-refractivity contribution in [1.82, 2.24) is 9.55 Å². The van der Waals surface area contributed by atoms with Gasteiger partial charge in [0, 0.05) is 18.0 Å². The number of benzene rings is 1. The highest BCUT2D eigenvalue weighted by atomic mass is 19.4. The molecule has 108 valence electrons. The zero-order chi connectivity index (χ0) is 15.0. The molecule has 0 aliphatic heterocycles. The lowest BCUT2D eigenvalue weighted by atomic mass is 10.1. The van der Waals surface area contributed by atoms with Crippen molar-refractivity contribution < 1.29 is 18.3 Å². The van der Waals surface area contributed by atoms with Gasteiger partial charge in [-0.1, -0.05) is 12.1 Å². The van der Waals surface area contributed by atoms with E-state index in [0.717, 1.165) is 12.1 Å². The van der Waals surface area contributed by atoms with Crippen LogP contribution in [0.15, 0.2) is 36.7 Å². The molecule has 0 radical (unpaired) electrons. The average Bonchev–Trinajstić information content (AvgIpc) is 2.73. The fourth-order valence-electron chi connectivity index (χ4n) is 1.95. The quantitative estimate of drug-likeness (QED) is 0.938. The maximum absolute atomic E-state index is 12.7. The fourth-order valence-corrected chi connectivity index (χ4v) is 1.95. The predicted molar refractivity (Wildman–Crippen MR) is 69.0 cm³/mol. The van der Waals surface area contributed by atoms with Gasteiger partial charge in [-0.2, -0.15) is 13.2 Å². The number of nitrogens with zero attached hydrogens (tertiary/aromatic N) is 2. The number of alkyl halides is 3. The molecule has 0 aliphatic rings. The molecule has 1 N–H and O–H groups in total. The summed E-state index contributed by atoms with van der Waals surface area (Å²) in [6.07, 6.45) is -1.25. The van der Waals surface area contributed by atoms with Gasteiger partial charge in [0.1, 0.15) is 5.82 Å². The van der Waals surface area contributed by atoms with Crippen LogP contribution < -0.4 is 0 Å². The lowest BCUT2D eigenvalue weighted by molar-refractivity contribution is -0.137. The number of hydrogen-bond acceptors (Lipinski definition) is 2. The number of hydrogen-bond donors (Lipinski definition) is 1. The molecule has 0 bridgehead atoms. The molecule has 0 spiro atoms. The monoisotopic (exact) mass is 284 g/mol. The smallest absolute Gasteiger partial charge is 0.389 e. The lowest BCUT2D eigenvalue weighted by Crippen LogP contribution is -2.26. The second-order valence-corrected chi connectivity index (χ2v) is 5.27. The third-order valence-corrected chi connectivity index (χ3v) is 2.72. The van der Waals surface area contributed by atoms with Crippen LogP contribution in [0.4, 0.5) is 13.2 Å². The van der Waals surface area contributed by atoms with E-state index in [1.165, 1.54) is 12.3 Å². The van der Waals surface area contributed by atoms with Crippen LogP contribution in [0.3, 0.4) is 0 Å². The minimum absolute atomic E-state index is 0.249. The summed E-state index contributed by atoms with van der Waals surface area (Å²) in [5.74, 6) is 0.401. The highest BCUT2D eigenvalue weighted by molar-refractivity contribution is 5.57. The van der Waals surface area contributed by atoms with Gasteiger partial charge in [-0.25, -0.2) is 4.98 Å². The maximum atomic E-state index is 12.7. The molecule has 20 heavy (non-hydrogen) atoms. The van der Waals surface area contributed by atoms with Gasteiger partial charge >= 0.3 is 6.18 Å². The molecule has 1 heterocycles. The van der Waals surface area contributed by atoms with Gasteiger partial charge in [0.15, 0.2) is 0 Å². The van der Waals surface area contributed by atoms with Crippen LogP contribution in [-0.2, 0) is 12.7 Å². The van der Waals surface area contributed by atoms with Gasteiger partial charge < -0.3 is 9.67 Å². The van der Waals surface area contributed by atoms with Crippen molar-refractivity contribution in [2.24, 2.45) is 0 Å². The van der Waals surface area contributed by atoms with Crippen LogP contribution >= 0.6 is 0 Å². The number of rotatable bonds is 3. The highest BCUT2D eigenvalue weighted by Gasteiger charge is 2.30. The summed E-state index contributed by atoms with van der Waals surface area (Å²) < 4.78 is 39.8. The molecule has 1 aromatic carbocycles. The molecular formula is C14H15F3N2O. The zero-order valence-corrected chi connectivity index (χ0v) is 11.1. The van der Waals surface area contributed by atoms with Gasteiger partial charge in [-0.05, 0) is 26.0 Å². The molecule has 3 nitrogen and oxygen atoms in total. The van der Waals surface area contributed by atoms with Crippen LogP contribution in [0, 0.1) is 0 Å². The van der Waals surface area contributed by atoms with Crippen LogP contribution in [-0.4, -0.2) is 20.3 Å². The maximum Gasteiger partial charge on any atom is 0.416 e. The number of aliphatic hydroxyl groups is 1. The Morgan fingerprint density at radius 3 is 2.55 bits per heavy atom. The van der Waals surface area contributed by atoms with Crippen LogP contribution in [0.25, 0.3) is 11.4 Å². The Kier molecular flexibility index (Phi) is 3.60. The molecule has 2 aromatic rings. The summed E-state index contributed by atoms with van der Waals surface area (Å²) in [6, 6.07) is 5.00. The number of halogens is 3. The molecule has 0 fully saturated rings. The van der Waals surface area contributed by atoms with Gasteiger partial charge in [0.25, 0.3) is 0 Å². The Labute approximate surface area is 114 Å². The van der Waals surface area contributed by atoms with Gasteiger partial charge in [0.2, 0.25) is 0 Å². The molecule has 1 aromatic heterocycles. The molecule has 0 saturated carbocycles. The minimum Gasteiger partial charge on any atom is -0.389 e. The Morgan fingerprint density at radius 1 is 1.25 bits per heavy atom. The van der Waals surface area contributed by atoms with Crippen molar-refractivity contribution in [3.63, 3.8) is 0 Å². The third-order valence-electron chi connectivity index (χ3n) is 2.72. The SMILES string of the molecule is CC(C)(O)Cn1ccnc1-c1cccc(C(F)(F)F)c1. The number of imidazole rings is 1. The molecule has 2 rings (SSSR count). The summed E-state index contributed by atoms with van der Waals surface area (Å²) in [6.45, 7) is 3.50. The molecular weight excluding hydrogens is 269 g/mol. The van der Waals surface area contributed by atoms with Crippen molar-refractivity contribution in [2.75, 3.05) is 0 Å². The van der Waals surface area contributed by atoms with E-state index in [1.807, 2.05) is 0 Å². The first-order valence-corrected chi connectivity index (χ1v) is 6.08. The summed E-state index contributed by atoms with van der Waals surface area (Å²) in [4.78, 5) is 4.08. The first kappa shape index (κ1) is 14.6. The number of aromatic nitrogens is 2.